The van der Waals surface area contributed by atoms with Gasteiger partial charge in [0.1, 0.15) is 5.75 Å². The zero-order valence-electron chi connectivity index (χ0n) is 16.6. The van der Waals surface area contributed by atoms with E-state index in [1.807, 2.05) is 48.5 Å². The van der Waals surface area contributed by atoms with E-state index in [1.54, 1.807) is 7.11 Å². The first kappa shape index (κ1) is 20.5. The fraction of sp³-hybridized carbons (Fsp3) is 0.200. The molecule has 0 aliphatic carbocycles. The van der Waals surface area contributed by atoms with Crippen molar-refractivity contribution in [3.05, 3.63) is 54.1 Å². The number of hydrogen-bond acceptors (Lipinski definition) is 8. The number of carbonyl (C=O) groups is 2. The highest BCUT2D eigenvalue weighted by atomic mass is 32.2. The average molecular weight is 437 g/mol. The quantitative estimate of drug-likeness (QED) is 0.311. The second-order valence-corrected chi connectivity index (χ2v) is 7.46. The second kappa shape index (κ2) is 9.39. The molecule has 2 heterocycles. The van der Waals surface area contributed by atoms with Gasteiger partial charge in [-0.2, -0.15) is 4.52 Å². The maximum absolute atomic E-state index is 12.2. The van der Waals surface area contributed by atoms with Crippen molar-refractivity contribution >= 4 is 40.1 Å². The van der Waals surface area contributed by atoms with Crippen molar-refractivity contribution in [1.82, 2.24) is 35.7 Å². The highest BCUT2D eigenvalue weighted by molar-refractivity contribution is 7.99. The average Bonchev–Trinajstić information content (AvgIpc) is 3.30. The Bertz CT molecular complexity index is 1240. The number of benzene rings is 2. The number of nitrogens with zero attached hydrogens (tertiary/aromatic N) is 5. The van der Waals surface area contributed by atoms with Gasteiger partial charge in [0.2, 0.25) is 11.8 Å². The third kappa shape index (κ3) is 4.89. The molecule has 4 aromatic rings. The van der Waals surface area contributed by atoms with Gasteiger partial charge in [-0.05, 0) is 40.3 Å². The summed E-state index contributed by atoms with van der Waals surface area (Å²) in [7, 11) is 1.59. The number of fused-ring (bicyclic) bond motifs is 3. The number of ether oxygens (including phenoxy) is 1. The number of para-hydroxylation sites is 1. The Balaban J connectivity index is 1.29. The first-order valence-corrected chi connectivity index (χ1v) is 10.4. The summed E-state index contributed by atoms with van der Waals surface area (Å²) >= 11 is 1.20. The Morgan fingerprint density at radius 3 is 2.84 bits per heavy atom. The van der Waals surface area contributed by atoms with Crippen molar-refractivity contribution in [3.8, 4) is 5.75 Å². The topological polar surface area (TPSA) is 123 Å². The third-order valence-corrected chi connectivity index (χ3v) is 5.34. The number of amides is 2. The summed E-state index contributed by atoms with van der Waals surface area (Å²) in [4.78, 5) is 28.8. The molecule has 4 rings (SSSR count). The summed E-state index contributed by atoms with van der Waals surface area (Å²) in [5, 5.41) is 18.4. The molecule has 0 spiro atoms. The van der Waals surface area contributed by atoms with Gasteiger partial charge in [-0.1, -0.05) is 36.0 Å². The summed E-state index contributed by atoms with van der Waals surface area (Å²) in [5.74, 6) is 0.213. The molecular formula is C20H19N7O3S. The number of aromatic nitrogens is 5. The lowest BCUT2D eigenvalue weighted by molar-refractivity contribution is -0.124. The van der Waals surface area contributed by atoms with Crippen molar-refractivity contribution in [2.75, 3.05) is 19.4 Å². The maximum atomic E-state index is 12.2. The van der Waals surface area contributed by atoms with Crippen LogP contribution in [0.3, 0.4) is 0 Å². The third-order valence-electron chi connectivity index (χ3n) is 4.41. The van der Waals surface area contributed by atoms with E-state index < -0.39 is 0 Å². The molecule has 0 saturated heterocycles. The minimum absolute atomic E-state index is 0.0729. The number of rotatable bonds is 8. The smallest absolute Gasteiger partial charge is 0.239 e. The van der Waals surface area contributed by atoms with E-state index in [1.165, 1.54) is 16.3 Å². The Hall–Kier alpha value is -3.73. The molecule has 0 aliphatic heterocycles. The zero-order valence-corrected chi connectivity index (χ0v) is 17.4. The van der Waals surface area contributed by atoms with Crippen LogP contribution in [0.2, 0.25) is 0 Å². The summed E-state index contributed by atoms with van der Waals surface area (Å²) in [5.41, 5.74) is 2.22. The number of thioether (sulfide) groups is 1. The molecule has 0 aliphatic rings. The minimum atomic E-state index is -0.294. The number of methoxy groups -OCH3 is 1. The predicted molar refractivity (Wildman–Crippen MR) is 115 cm³/mol. The first-order valence-electron chi connectivity index (χ1n) is 9.40. The fourth-order valence-electron chi connectivity index (χ4n) is 2.89. The van der Waals surface area contributed by atoms with Crippen LogP contribution in [0.25, 0.3) is 16.6 Å². The summed E-state index contributed by atoms with van der Waals surface area (Å²) in [6.07, 6.45) is 0. The van der Waals surface area contributed by atoms with Crippen LogP contribution < -0.4 is 15.4 Å². The Morgan fingerprint density at radius 1 is 1.10 bits per heavy atom. The highest BCUT2D eigenvalue weighted by Gasteiger charge is 2.13. The van der Waals surface area contributed by atoms with Crippen LogP contribution in [0.4, 0.5) is 0 Å². The van der Waals surface area contributed by atoms with Crippen LogP contribution in [0.5, 0.6) is 5.75 Å². The van der Waals surface area contributed by atoms with Gasteiger partial charge in [-0.3, -0.25) is 9.59 Å². The molecule has 2 aromatic heterocycles. The molecular weight excluding hydrogens is 418 g/mol. The first-order chi connectivity index (χ1) is 15.1. The van der Waals surface area contributed by atoms with Crippen LogP contribution in [0.1, 0.15) is 5.56 Å². The maximum Gasteiger partial charge on any atom is 0.239 e. The normalized spacial score (nSPS) is 10.9. The predicted octanol–water partition coefficient (Wildman–Crippen LogP) is 1.21. The molecule has 0 radical (unpaired) electrons. The van der Waals surface area contributed by atoms with Crippen LogP contribution in [-0.4, -0.2) is 56.2 Å². The second-order valence-electron chi connectivity index (χ2n) is 6.52. The van der Waals surface area contributed by atoms with Crippen molar-refractivity contribution in [3.63, 3.8) is 0 Å². The van der Waals surface area contributed by atoms with E-state index in [2.05, 4.69) is 31.1 Å². The molecule has 10 nitrogen and oxygen atoms in total. The lowest BCUT2D eigenvalue weighted by atomic mass is 10.2. The Kier molecular flexibility index (Phi) is 6.22. The van der Waals surface area contributed by atoms with Crippen LogP contribution in [0, 0.1) is 0 Å². The van der Waals surface area contributed by atoms with Gasteiger partial charge in [-0.25, -0.2) is 4.98 Å². The summed E-state index contributed by atoms with van der Waals surface area (Å²) in [6.45, 7) is 0.230. The van der Waals surface area contributed by atoms with E-state index in [0.29, 0.717) is 17.3 Å². The monoisotopic (exact) mass is 437 g/mol. The largest absolute Gasteiger partial charge is 0.497 e. The van der Waals surface area contributed by atoms with Crippen LogP contribution in [-0.2, 0) is 16.1 Å². The van der Waals surface area contributed by atoms with E-state index in [-0.39, 0.29) is 24.1 Å². The van der Waals surface area contributed by atoms with Gasteiger partial charge in [0.05, 0.1) is 24.9 Å². The minimum Gasteiger partial charge on any atom is -0.497 e. The summed E-state index contributed by atoms with van der Waals surface area (Å²) in [6, 6.07) is 14.9. The molecule has 0 bridgehead atoms. The Labute approximate surface area is 181 Å². The van der Waals surface area contributed by atoms with Crippen LogP contribution >= 0.6 is 11.8 Å². The number of carbonyl (C=O) groups excluding carboxylic acids is 2. The standard InChI is InChI=1S/C20H19N7O3S/c1-30-14-6-4-5-13(9-14)10-21-17(28)11-22-18(29)12-31-20-23-16-8-3-2-7-15(16)19-24-25-26-27(19)20/h2-9H,10-12H2,1H3,(H,21,28)(H,22,29). The fourth-order valence-corrected chi connectivity index (χ4v) is 3.66. The Morgan fingerprint density at radius 2 is 1.97 bits per heavy atom. The summed E-state index contributed by atoms with van der Waals surface area (Å²) < 4.78 is 6.66. The lowest BCUT2D eigenvalue weighted by Crippen LogP contribution is -2.37. The molecule has 2 aromatic carbocycles. The van der Waals surface area contributed by atoms with E-state index in [4.69, 9.17) is 4.74 Å². The van der Waals surface area contributed by atoms with E-state index in [0.717, 1.165) is 22.2 Å². The molecule has 11 heteroatoms. The lowest BCUT2D eigenvalue weighted by Gasteiger charge is -2.08. The molecule has 0 unspecified atom stereocenters. The van der Waals surface area contributed by atoms with Gasteiger partial charge < -0.3 is 15.4 Å². The number of tetrazole rings is 1. The molecule has 2 amide bonds. The van der Waals surface area contributed by atoms with Gasteiger partial charge in [0.15, 0.2) is 10.8 Å². The SMILES string of the molecule is COc1cccc(CNC(=O)CNC(=O)CSc2nc3ccccc3c3nnnn23)c1. The van der Waals surface area contributed by atoms with E-state index in [9.17, 15) is 9.59 Å². The molecule has 0 saturated carbocycles. The van der Waals surface area contributed by atoms with Crippen LogP contribution in [0.15, 0.2) is 53.7 Å². The van der Waals surface area contributed by atoms with Gasteiger partial charge >= 0.3 is 0 Å². The van der Waals surface area contributed by atoms with Crippen molar-refractivity contribution in [2.45, 2.75) is 11.7 Å². The molecule has 2 N–H and O–H groups in total. The molecule has 0 fully saturated rings. The molecule has 158 valence electrons. The van der Waals surface area contributed by atoms with Gasteiger partial charge in [0.25, 0.3) is 0 Å². The molecule has 31 heavy (non-hydrogen) atoms. The van der Waals surface area contributed by atoms with Crippen molar-refractivity contribution < 1.29 is 14.3 Å². The molecule has 0 atom stereocenters. The van der Waals surface area contributed by atoms with Gasteiger partial charge in [-0.15, -0.1) is 5.10 Å². The van der Waals surface area contributed by atoms with Crippen molar-refractivity contribution in [1.29, 1.82) is 0 Å². The van der Waals surface area contributed by atoms with Gasteiger partial charge in [0, 0.05) is 11.9 Å². The van der Waals surface area contributed by atoms with E-state index >= 15 is 0 Å². The zero-order chi connectivity index (χ0) is 21.6. The highest BCUT2D eigenvalue weighted by Crippen LogP contribution is 2.22. The van der Waals surface area contributed by atoms with Crippen molar-refractivity contribution in [2.24, 2.45) is 0 Å². The number of nitrogens with one attached hydrogen (secondary N) is 2. The number of hydrogen-bond donors (Lipinski definition) is 2.